The standard InChI is InChI=1S/C23H32N2O7S/c1-3-31-22(27)18-9-13-24(14-10-18)21(26)17(2)32-23(28)19-11-15-25(16-12-19)33(29,30)20-7-5-4-6-8-20/h4-8,17-19H,3,9-16H2,1-2H3/t17-/m1/s1. The minimum atomic E-state index is -3.59. The third kappa shape index (κ3) is 6.11. The highest BCUT2D eigenvalue weighted by atomic mass is 32.2. The SMILES string of the molecule is CCOC(=O)C1CCN(C(=O)[C@@H](C)OC(=O)C2CCN(S(=O)(=O)c3ccccc3)CC2)CC1. The van der Waals surface area contributed by atoms with Crippen molar-refractivity contribution < 1.29 is 32.3 Å². The molecule has 182 valence electrons. The number of amides is 1. The minimum absolute atomic E-state index is 0.204. The highest BCUT2D eigenvalue weighted by Gasteiger charge is 2.35. The Hall–Kier alpha value is -2.46. The number of carbonyl (C=O) groups is 3. The van der Waals surface area contributed by atoms with Crippen LogP contribution >= 0.6 is 0 Å². The van der Waals surface area contributed by atoms with E-state index >= 15 is 0 Å². The predicted molar refractivity (Wildman–Crippen MR) is 119 cm³/mol. The van der Waals surface area contributed by atoms with Crippen molar-refractivity contribution in [2.24, 2.45) is 11.8 Å². The Morgan fingerprint density at radius 1 is 0.939 bits per heavy atom. The van der Waals surface area contributed by atoms with Crippen LogP contribution < -0.4 is 0 Å². The summed E-state index contributed by atoms with van der Waals surface area (Å²) >= 11 is 0. The predicted octanol–water partition coefficient (Wildman–Crippen LogP) is 1.82. The first-order chi connectivity index (χ1) is 15.7. The molecular formula is C23H32N2O7S. The summed E-state index contributed by atoms with van der Waals surface area (Å²) in [6.45, 7) is 4.93. The van der Waals surface area contributed by atoms with Gasteiger partial charge in [0.15, 0.2) is 6.10 Å². The van der Waals surface area contributed by atoms with Gasteiger partial charge in [-0.15, -0.1) is 0 Å². The van der Waals surface area contributed by atoms with E-state index in [1.165, 1.54) is 4.31 Å². The first-order valence-electron chi connectivity index (χ1n) is 11.4. The Bertz CT molecular complexity index is 935. The number of hydrogen-bond donors (Lipinski definition) is 0. The lowest BCUT2D eigenvalue weighted by Crippen LogP contribution is -2.46. The largest absolute Gasteiger partial charge is 0.466 e. The molecule has 1 aromatic rings. The molecule has 2 aliphatic heterocycles. The van der Waals surface area contributed by atoms with Gasteiger partial charge in [0.05, 0.1) is 23.3 Å². The van der Waals surface area contributed by atoms with E-state index in [0.29, 0.717) is 45.4 Å². The fourth-order valence-electron chi connectivity index (χ4n) is 4.25. The van der Waals surface area contributed by atoms with Gasteiger partial charge >= 0.3 is 11.9 Å². The topological polar surface area (TPSA) is 110 Å². The van der Waals surface area contributed by atoms with Gasteiger partial charge in [0.1, 0.15) is 0 Å². The Labute approximate surface area is 195 Å². The van der Waals surface area contributed by atoms with Gasteiger partial charge in [-0.2, -0.15) is 4.31 Å². The maximum Gasteiger partial charge on any atom is 0.309 e. The van der Waals surface area contributed by atoms with Crippen LogP contribution in [0.25, 0.3) is 0 Å². The summed E-state index contributed by atoms with van der Waals surface area (Å²) in [6.07, 6.45) is 0.815. The summed E-state index contributed by atoms with van der Waals surface area (Å²) in [4.78, 5) is 39.0. The average molecular weight is 481 g/mol. The summed E-state index contributed by atoms with van der Waals surface area (Å²) in [6, 6.07) is 8.22. The quantitative estimate of drug-likeness (QED) is 0.548. The van der Waals surface area contributed by atoms with Crippen LogP contribution in [-0.2, 0) is 33.9 Å². The van der Waals surface area contributed by atoms with Crippen molar-refractivity contribution in [2.45, 2.75) is 50.5 Å². The number of ether oxygens (including phenoxy) is 2. The molecule has 33 heavy (non-hydrogen) atoms. The van der Waals surface area contributed by atoms with Gasteiger partial charge in [-0.3, -0.25) is 14.4 Å². The number of likely N-dealkylation sites (tertiary alicyclic amines) is 1. The van der Waals surface area contributed by atoms with E-state index in [1.807, 2.05) is 0 Å². The summed E-state index contributed by atoms with van der Waals surface area (Å²) < 4.78 is 37.3. The highest BCUT2D eigenvalue weighted by molar-refractivity contribution is 7.89. The number of benzene rings is 1. The van der Waals surface area contributed by atoms with Crippen LogP contribution in [0.2, 0.25) is 0 Å². The van der Waals surface area contributed by atoms with E-state index in [4.69, 9.17) is 9.47 Å². The smallest absolute Gasteiger partial charge is 0.309 e. The number of hydrogen-bond acceptors (Lipinski definition) is 7. The zero-order valence-corrected chi connectivity index (χ0v) is 20.0. The van der Waals surface area contributed by atoms with Gasteiger partial charge in [-0.25, -0.2) is 8.42 Å². The molecule has 10 heteroatoms. The maximum absolute atomic E-state index is 12.7. The molecule has 0 unspecified atom stereocenters. The molecule has 1 amide bonds. The summed E-state index contributed by atoms with van der Waals surface area (Å²) in [7, 11) is -3.59. The average Bonchev–Trinajstić information content (AvgIpc) is 2.84. The van der Waals surface area contributed by atoms with Crippen LogP contribution in [-0.4, -0.2) is 74.4 Å². The molecule has 0 bridgehead atoms. The summed E-state index contributed by atoms with van der Waals surface area (Å²) in [5, 5.41) is 0. The molecule has 0 radical (unpaired) electrons. The second-order valence-corrected chi connectivity index (χ2v) is 10.4. The summed E-state index contributed by atoms with van der Waals surface area (Å²) in [5.74, 6) is -1.64. The van der Waals surface area contributed by atoms with E-state index in [2.05, 4.69) is 0 Å². The van der Waals surface area contributed by atoms with Crippen LogP contribution in [0.5, 0.6) is 0 Å². The number of rotatable bonds is 7. The van der Waals surface area contributed by atoms with Crippen molar-refractivity contribution in [3.8, 4) is 0 Å². The third-order valence-electron chi connectivity index (χ3n) is 6.24. The molecule has 2 heterocycles. The zero-order valence-electron chi connectivity index (χ0n) is 19.1. The number of carbonyl (C=O) groups excluding carboxylic acids is 3. The van der Waals surface area contributed by atoms with Gasteiger partial charge in [-0.1, -0.05) is 18.2 Å². The number of esters is 2. The first kappa shape index (κ1) is 25.2. The Balaban J connectivity index is 1.46. The van der Waals surface area contributed by atoms with E-state index in [1.54, 1.807) is 49.1 Å². The van der Waals surface area contributed by atoms with Crippen molar-refractivity contribution in [3.63, 3.8) is 0 Å². The second-order valence-electron chi connectivity index (χ2n) is 8.42. The second kappa shape index (κ2) is 11.1. The lowest BCUT2D eigenvalue weighted by atomic mass is 9.96. The molecule has 0 aliphatic carbocycles. The van der Waals surface area contributed by atoms with Crippen molar-refractivity contribution in [2.75, 3.05) is 32.8 Å². The van der Waals surface area contributed by atoms with Crippen LogP contribution in [0.15, 0.2) is 35.2 Å². The molecule has 9 nitrogen and oxygen atoms in total. The van der Waals surface area contributed by atoms with Gasteiger partial charge < -0.3 is 14.4 Å². The van der Waals surface area contributed by atoms with E-state index in [0.717, 1.165) is 0 Å². The van der Waals surface area contributed by atoms with Crippen molar-refractivity contribution >= 4 is 27.9 Å². The molecule has 1 aromatic carbocycles. The van der Waals surface area contributed by atoms with Crippen LogP contribution in [0.3, 0.4) is 0 Å². The molecule has 2 aliphatic rings. The molecule has 2 saturated heterocycles. The molecule has 0 aromatic heterocycles. The van der Waals surface area contributed by atoms with Crippen molar-refractivity contribution in [1.82, 2.24) is 9.21 Å². The van der Waals surface area contributed by atoms with Gasteiger partial charge in [-0.05, 0) is 51.7 Å². The lowest BCUT2D eigenvalue weighted by Gasteiger charge is -2.33. The van der Waals surface area contributed by atoms with Crippen molar-refractivity contribution in [1.29, 1.82) is 0 Å². The normalized spacial score (nSPS) is 19.6. The van der Waals surface area contributed by atoms with Gasteiger partial charge in [0.25, 0.3) is 5.91 Å². The van der Waals surface area contributed by atoms with Gasteiger partial charge in [0, 0.05) is 26.2 Å². The number of piperidine rings is 2. The molecule has 0 N–H and O–H groups in total. The third-order valence-corrected chi connectivity index (χ3v) is 8.15. The molecular weight excluding hydrogens is 448 g/mol. The minimum Gasteiger partial charge on any atom is -0.466 e. The summed E-state index contributed by atoms with van der Waals surface area (Å²) in [5.41, 5.74) is 0. The lowest BCUT2D eigenvalue weighted by molar-refractivity contribution is -0.164. The Morgan fingerprint density at radius 3 is 2.06 bits per heavy atom. The Morgan fingerprint density at radius 2 is 1.48 bits per heavy atom. The van der Waals surface area contributed by atoms with E-state index < -0.39 is 28.0 Å². The molecule has 0 spiro atoms. The van der Waals surface area contributed by atoms with Crippen LogP contribution in [0.4, 0.5) is 0 Å². The molecule has 3 rings (SSSR count). The molecule has 1 atom stereocenters. The van der Waals surface area contributed by atoms with E-state index in [-0.39, 0.29) is 35.8 Å². The van der Waals surface area contributed by atoms with Crippen LogP contribution in [0, 0.1) is 11.8 Å². The number of nitrogens with zero attached hydrogens (tertiary/aromatic N) is 2. The zero-order chi connectivity index (χ0) is 24.0. The maximum atomic E-state index is 12.7. The fraction of sp³-hybridized carbons (Fsp3) is 0.609. The van der Waals surface area contributed by atoms with Crippen molar-refractivity contribution in [3.05, 3.63) is 30.3 Å². The number of sulfonamides is 1. The monoisotopic (exact) mass is 480 g/mol. The van der Waals surface area contributed by atoms with Gasteiger partial charge in [0.2, 0.25) is 10.0 Å². The molecule has 2 fully saturated rings. The molecule has 0 saturated carbocycles. The van der Waals surface area contributed by atoms with Crippen LogP contribution in [0.1, 0.15) is 39.5 Å². The van der Waals surface area contributed by atoms with E-state index in [9.17, 15) is 22.8 Å². The first-order valence-corrected chi connectivity index (χ1v) is 12.9. The Kier molecular flexibility index (Phi) is 8.47. The highest BCUT2D eigenvalue weighted by Crippen LogP contribution is 2.25. The fourth-order valence-corrected chi connectivity index (χ4v) is 5.74.